The minimum atomic E-state index is -1.02. The molecule has 1 amide bonds. The minimum Gasteiger partial charge on any atom is -0.443 e. The molecular weight excluding hydrogens is 335 g/mol. The molecule has 5 rings (SSSR count). The van der Waals surface area contributed by atoms with Crippen molar-refractivity contribution in [3.63, 3.8) is 0 Å². The summed E-state index contributed by atoms with van der Waals surface area (Å²) in [6.07, 6.45) is 4.38. The maximum absolute atomic E-state index is 13.0. The molecule has 0 saturated heterocycles. The number of aryl methyl sites for hydroxylation is 1. The molecule has 6 nitrogen and oxygen atoms in total. The smallest absolute Gasteiger partial charge is 0.231 e. The van der Waals surface area contributed by atoms with Crippen LogP contribution in [0.15, 0.2) is 47.5 Å². The molecule has 1 aliphatic carbocycles. The molecule has 1 fully saturated rings. The summed E-state index contributed by atoms with van der Waals surface area (Å²) >= 11 is 0. The largest absolute Gasteiger partial charge is 0.443 e. The first-order valence-electron chi connectivity index (χ1n) is 8.36. The quantitative estimate of drug-likeness (QED) is 0.611. The third kappa shape index (κ3) is 2.44. The number of anilines is 1. The Morgan fingerprint density at radius 1 is 1.35 bits per heavy atom. The van der Waals surface area contributed by atoms with Crippen molar-refractivity contribution in [1.82, 2.24) is 14.4 Å². The number of pyridine rings is 1. The van der Waals surface area contributed by atoms with Crippen LogP contribution >= 0.6 is 0 Å². The van der Waals surface area contributed by atoms with E-state index in [0.29, 0.717) is 17.9 Å². The van der Waals surface area contributed by atoms with Crippen molar-refractivity contribution in [1.29, 1.82) is 0 Å². The summed E-state index contributed by atoms with van der Waals surface area (Å²) < 4.78 is 20.2. The van der Waals surface area contributed by atoms with Crippen molar-refractivity contribution in [2.45, 2.75) is 19.5 Å². The SMILES string of the molecule is Cc1cc2ncoc2cc1-c1ccc2nc(NC(=O)[C@@H]3C[C@@H]3F)cn2c1. The third-order valence-electron chi connectivity index (χ3n) is 4.74. The van der Waals surface area contributed by atoms with Gasteiger partial charge in [-0.05, 0) is 54.3 Å². The molecule has 0 radical (unpaired) electrons. The summed E-state index contributed by atoms with van der Waals surface area (Å²) in [7, 11) is 0. The van der Waals surface area contributed by atoms with E-state index in [1.807, 2.05) is 41.8 Å². The number of hydrogen-bond donors (Lipinski definition) is 1. The summed E-state index contributed by atoms with van der Waals surface area (Å²) in [5.41, 5.74) is 5.38. The van der Waals surface area contributed by atoms with Crippen LogP contribution < -0.4 is 5.32 Å². The number of carbonyl (C=O) groups is 1. The first kappa shape index (κ1) is 15.1. The van der Waals surface area contributed by atoms with E-state index < -0.39 is 12.1 Å². The van der Waals surface area contributed by atoms with E-state index in [4.69, 9.17) is 4.42 Å². The van der Waals surface area contributed by atoms with Gasteiger partial charge in [0.25, 0.3) is 0 Å². The number of fused-ring (bicyclic) bond motifs is 2. The van der Waals surface area contributed by atoms with Crippen LogP contribution in [0.4, 0.5) is 10.2 Å². The molecule has 130 valence electrons. The second-order valence-corrected chi connectivity index (χ2v) is 6.64. The summed E-state index contributed by atoms with van der Waals surface area (Å²) in [4.78, 5) is 20.4. The number of hydrogen-bond acceptors (Lipinski definition) is 4. The number of nitrogens with one attached hydrogen (secondary N) is 1. The Labute approximate surface area is 147 Å². The molecule has 3 aromatic heterocycles. The molecule has 1 N–H and O–H groups in total. The van der Waals surface area contributed by atoms with Gasteiger partial charge in [0.1, 0.15) is 17.3 Å². The molecule has 3 heterocycles. The van der Waals surface area contributed by atoms with Crippen LogP contribution in [0.5, 0.6) is 0 Å². The van der Waals surface area contributed by atoms with Crippen molar-refractivity contribution in [3.05, 3.63) is 48.6 Å². The molecular formula is C19H15FN4O2. The lowest BCUT2D eigenvalue weighted by atomic mass is 10.0. The van der Waals surface area contributed by atoms with Gasteiger partial charge in [-0.25, -0.2) is 14.4 Å². The van der Waals surface area contributed by atoms with Crippen molar-refractivity contribution in [2.24, 2.45) is 5.92 Å². The molecule has 0 spiro atoms. The van der Waals surface area contributed by atoms with Gasteiger partial charge in [0.15, 0.2) is 17.8 Å². The highest BCUT2D eigenvalue weighted by Gasteiger charge is 2.43. The lowest BCUT2D eigenvalue weighted by molar-refractivity contribution is -0.117. The van der Waals surface area contributed by atoms with E-state index in [9.17, 15) is 9.18 Å². The Bertz CT molecular complexity index is 1160. The fourth-order valence-electron chi connectivity index (χ4n) is 3.18. The van der Waals surface area contributed by atoms with Crippen LogP contribution in [0.1, 0.15) is 12.0 Å². The standard InChI is InChI=1S/C19H15FN4O2/c1-10-4-15-16(26-9-21-15)6-12(10)11-2-3-18-22-17(8-24(18)7-11)23-19(25)13-5-14(13)20/h2-4,6-9,13-14H,5H2,1H3,(H,23,25)/t13-,14+/m1/s1. The normalized spacial score (nSPS) is 19.2. The molecule has 7 heteroatoms. The van der Waals surface area contributed by atoms with Crippen molar-refractivity contribution in [3.8, 4) is 11.1 Å². The average molecular weight is 350 g/mol. The first-order chi connectivity index (χ1) is 12.6. The number of alkyl halides is 1. The Morgan fingerprint density at radius 2 is 2.19 bits per heavy atom. The van der Waals surface area contributed by atoms with Crippen LogP contribution in [-0.4, -0.2) is 26.4 Å². The number of rotatable bonds is 3. The highest BCUT2D eigenvalue weighted by atomic mass is 19.1. The fraction of sp³-hybridized carbons (Fsp3) is 0.211. The number of imidazole rings is 1. The average Bonchev–Trinajstić information content (AvgIpc) is 3.02. The molecule has 1 aliphatic rings. The fourth-order valence-corrected chi connectivity index (χ4v) is 3.18. The van der Waals surface area contributed by atoms with E-state index in [-0.39, 0.29) is 5.91 Å². The Morgan fingerprint density at radius 3 is 3.00 bits per heavy atom. The van der Waals surface area contributed by atoms with Gasteiger partial charge in [-0.2, -0.15) is 0 Å². The van der Waals surface area contributed by atoms with E-state index in [1.165, 1.54) is 6.39 Å². The summed E-state index contributed by atoms with van der Waals surface area (Å²) in [5.74, 6) is -0.423. The number of amides is 1. The van der Waals surface area contributed by atoms with Crippen LogP contribution in [0.3, 0.4) is 0 Å². The number of aromatic nitrogens is 3. The van der Waals surface area contributed by atoms with Gasteiger partial charge >= 0.3 is 0 Å². The van der Waals surface area contributed by atoms with Gasteiger partial charge in [0.2, 0.25) is 5.91 Å². The molecule has 0 bridgehead atoms. The number of nitrogens with zero attached hydrogens (tertiary/aromatic N) is 3. The summed E-state index contributed by atoms with van der Waals surface area (Å²) in [5, 5.41) is 2.68. The van der Waals surface area contributed by atoms with Crippen LogP contribution in [0, 0.1) is 12.8 Å². The molecule has 1 saturated carbocycles. The maximum atomic E-state index is 13.0. The lowest BCUT2D eigenvalue weighted by Crippen LogP contribution is -2.15. The number of oxazole rings is 1. The molecule has 4 aromatic rings. The predicted octanol–water partition coefficient (Wildman–Crippen LogP) is 3.75. The molecule has 0 aliphatic heterocycles. The van der Waals surface area contributed by atoms with E-state index >= 15 is 0 Å². The Hall–Kier alpha value is -3.22. The van der Waals surface area contributed by atoms with Crippen molar-refractivity contribution in [2.75, 3.05) is 5.32 Å². The molecule has 0 unspecified atom stereocenters. The monoisotopic (exact) mass is 350 g/mol. The number of carbonyl (C=O) groups excluding carboxylic acids is 1. The van der Waals surface area contributed by atoms with Crippen molar-refractivity contribution < 1.29 is 13.6 Å². The van der Waals surface area contributed by atoms with Crippen LogP contribution in [0.25, 0.3) is 27.9 Å². The lowest BCUT2D eigenvalue weighted by Gasteiger charge is -2.06. The van der Waals surface area contributed by atoms with Gasteiger partial charge in [-0.15, -0.1) is 0 Å². The second-order valence-electron chi connectivity index (χ2n) is 6.64. The van der Waals surface area contributed by atoms with Gasteiger partial charge in [-0.3, -0.25) is 4.79 Å². The summed E-state index contributed by atoms with van der Waals surface area (Å²) in [6.45, 7) is 2.02. The van der Waals surface area contributed by atoms with Gasteiger partial charge in [-0.1, -0.05) is 0 Å². The topological polar surface area (TPSA) is 72.4 Å². The maximum Gasteiger partial charge on any atom is 0.231 e. The zero-order valence-corrected chi connectivity index (χ0v) is 13.9. The first-order valence-corrected chi connectivity index (χ1v) is 8.36. The van der Waals surface area contributed by atoms with Gasteiger partial charge in [0, 0.05) is 6.20 Å². The highest BCUT2D eigenvalue weighted by molar-refractivity contribution is 5.94. The van der Waals surface area contributed by atoms with Gasteiger partial charge < -0.3 is 14.1 Å². The number of halogens is 1. The minimum absolute atomic E-state index is 0.298. The zero-order chi connectivity index (χ0) is 17.8. The molecule has 1 aromatic carbocycles. The van der Waals surface area contributed by atoms with E-state index in [1.54, 1.807) is 6.20 Å². The second kappa shape index (κ2) is 5.39. The Balaban J connectivity index is 1.50. The van der Waals surface area contributed by atoms with E-state index in [2.05, 4.69) is 15.3 Å². The molecule has 2 atom stereocenters. The van der Waals surface area contributed by atoms with Crippen molar-refractivity contribution >= 4 is 28.5 Å². The Kier molecular flexibility index (Phi) is 3.12. The predicted molar refractivity (Wildman–Crippen MR) is 94.6 cm³/mol. The highest BCUT2D eigenvalue weighted by Crippen LogP contribution is 2.34. The number of benzene rings is 1. The third-order valence-corrected chi connectivity index (χ3v) is 4.74. The molecule has 26 heavy (non-hydrogen) atoms. The van der Waals surface area contributed by atoms with Crippen LogP contribution in [0.2, 0.25) is 0 Å². The van der Waals surface area contributed by atoms with Crippen LogP contribution in [-0.2, 0) is 4.79 Å². The van der Waals surface area contributed by atoms with E-state index in [0.717, 1.165) is 27.8 Å². The van der Waals surface area contributed by atoms with Gasteiger partial charge in [0.05, 0.1) is 12.1 Å². The zero-order valence-electron chi connectivity index (χ0n) is 13.9. The summed E-state index contributed by atoms with van der Waals surface area (Å²) in [6, 6.07) is 7.80.